The first kappa shape index (κ1) is 24.4. The number of benzene rings is 3. The van der Waals surface area contributed by atoms with E-state index in [9.17, 15) is 4.79 Å². The lowest BCUT2D eigenvalue weighted by Gasteiger charge is -2.13. The van der Waals surface area contributed by atoms with Gasteiger partial charge in [-0.3, -0.25) is 10.2 Å². The molecule has 0 aliphatic carbocycles. The van der Waals surface area contributed by atoms with E-state index >= 15 is 0 Å². The molecule has 0 radical (unpaired) electrons. The average Bonchev–Trinajstić information content (AvgIpc) is 3.60. The van der Waals surface area contributed by atoms with Crippen LogP contribution in [0.5, 0.6) is 11.5 Å². The molecular weight excluding hydrogens is 518 g/mol. The normalized spacial score (nSPS) is 11.3. The van der Waals surface area contributed by atoms with Crippen LogP contribution in [0.3, 0.4) is 0 Å². The van der Waals surface area contributed by atoms with E-state index in [0.717, 1.165) is 22.0 Å². The lowest BCUT2D eigenvalue weighted by Crippen LogP contribution is -2.32. The molecule has 39 heavy (non-hydrogen) atoms. The largest absolute Gasteiger partial charge is 0.493 e. The molecule has 0 aliphatic rings. The number of nitrogens with zero attached hydrogens (tertiary/aromatic N) is 3. The lowest BCUT2D eigenvalue weighted by atomic mass is 10.0. The Bertz CT molecular complexity index is 2000. The molecule has 4 N–H and O–H groups in total. The van der Waals surface area contributed by atoms with Crippen molar-refractivity contribution in [1.29, 1.82) is 5.41 Å². The van der Waals surface area contributed by atoms with Crippen LogP contribution in [0.25, 0.3) is 44.0 Å². The van der Waals surface area contributed by atoms with Gasteiger partial charge >= 0.3 is 0 Å². The van der Waals surface area contributed by atoms with Crippen molar-refractivity contribution in [3.05, 3.63) is 70.6 Å². The van der Waals surface area contributed by atoms with E-state index in [-0.39, 0.29) is 17.9 Å². The number of methoxy groups -OCH3 is 2. The number of ether oxygens (including phenoxy) is 2. The fraction of sp³-hybridized carbons (Fsp3) is 0.148. The van der Waals surface area contributed by atoms with Crippen molar-refractivity contribution >= 4 is 51.0 Å². The fourth-order valence-corrected chi connectivity index (χ4v) is 4.89. The molecule has 0 spiro atoms. The van der Waals surface area contributed by atoms with Gasteiger partial charge in [-0.05, 0) is 70.1 Å². The Morgan fingerprint density at radius 2 is 1.72 bits per heavy atom. The van der Waals surface area contributed by atoms with Crippen molar-refractivity contribution in [2.24, 2.45) is 0 Å². The number of H-pyrrole nitrogens is 2. The number of hydrogen-bond donors (Lipinski definition) is 4. The second-order valence-corrected chi connectivity index (χ2v) is 9.28. The van der Waals surface area contributed by atoms with E-state index in [4.69, 9.17) is 31.7 Å². The molecule has 11 nitrogen and oxygen atoms in total. The molecule has 1 amide bonds. The molecule has 196 valence electrons. The molecule has 0 saturated heterocycles. The molecule has 0 atom stereocenters. The zero-order valence-electron chi connectivity index (χ0n) is 21.0. The predicted octanol–water partition coefficient (Wildman–Crippen LogP) is 4.31. The summed E-state index contributed by atoms with van der Waals surface area (Å²) in [5.41, 5.74) is 5.49. The highest BCUT2D eigenvalue weighted by Gasteiger charge is 2.13. The maximum Gasteiger partial charge on any atom is 0.267 e. The Balaban J connectivity index is 1.19. The summed E-state index contributed by atoms with van der Waals surface area (Å²) in [6.07, 6.45) is 0. The molecule has 0 unspecified atom stereocenters. The van der Waals surface area contributed by atoms with Crippen LogP contribution in [0.4, 0.5) is 0 Å². The van der Waals surface area contributed by atoms with Gasteiger partial charge < -0.3 is 29.3 Å². The number of amides is 1. The SMILES string of the molecule is COc1cc2[nH]c(=S)n(CCNC(=O)c3cc4cc(-c5ccc6nonc6c5)ccc4[nH]3)c(=N)c2cc1OC. The number of carbonyl (C=O) groups is 1. The smallest absolute Gasteiger partial charge is 0.267 e. The van der Waals surface area contributed by atoms with Crippen molar-refractivity contribution in [3.63, 3.8) is 0 Å². The zero-order chi connectivity index (χ0) is 27.1. The highest BCUT2D eigenvalue weighted by atomic mass is 32.1. The Hall–Kier alpha value is -4.97. The van der Waals surface area contributed by atoms with E-state index in [0.29, 0.717) is 50.4 Å². The van der Waals surface area contributed by atoms with Gasteiger partial charge in [0, 0.05) is 35.4 Å². The third-order valence-corrected chi connectivity index (χ3v) is 6.93. The van der Waals surface area contributed by atoms with Gasteiger partial charge in [-0.25, -0.2) is 4.63 Å². The van der Waals surface area contributed by atoms with E-state index in [1.54, 1.807) is 30.9 Å². The van der Waals surface area contributed by atoms with Crippen LogP contribution in [0.2, 0.25) is 0 Å². The summed E-state index contributed by atoms with van der Waals surface area (Å²) in [5, 5.41) is 20.9. The number of aromatic nitrogens is 5. The number of carbonyl (C=O) groups excluding carboxylic acids is 1. The molecule has 0 bridgehead atoms. The van der Waals surface area contributed by atoms with Gasteiger partial charge in [0.05, 0.1) is 19.7 Å². The molecule has 6 rings (SSSR count). The molecule has 0 aliphatic heterocycles. The fourth-order valence-electron chi connectivity index (χ4n) is 4.59. The van der Waals surface area contributed by atoms with Crippen LogP contribution in [-0.2, 0) is 6.54 Å². The Kier molecular flexibility index (Phi) is 6.08. The van der Waals surface area contributed by atoms with E-state index in [1.807, 2.05) is 42.5 Å². The summed E-state index contributed by atoms with van der Waals surface area (Å²) in [7, 11) is 3.09. The third-order valence-electron chi connectivity index (χ3n) is 6.61. The number of nitrogens with one attached hydrogen (secondary N) is 4. The minimum Gasteiger partial charge on any atom is -0.493 e. The van der Waals surface area contributed by atoms with Gasteiger partial charge in [0.15, 0.2) is 16.3 Å². The highest BCUT2D eigenvalue weighted by Crippen LogP contribution is 2.30. The van der Waals surface area contributed by atoms with Crippen LogP contribution >= 0.6 is 12.2 Å². The molecule has 3 aromatic heterocycles. The van der Waals surface area contributed by atoms with Gasteiger partial charge in [-0.2, -0.15) is 0 Å². The van der Waals surface area contributed by atoms with Crippen LogP contribution in [-0.4, -0.2) is 51.5 Å². The monoisotopic (exact) mass is 541 g/mol. The minimum atomic E-state index is -0.253. The van der Waals surface area contributed by atoms with E-state index in [2.05, 4.69) is 25.6 Å². The Morgan fingerprint density at radius 3 is 2.54 bits per heavy atom. The molecule has 3 heterocycles. The predicted molar refractivity (Wildman–Crippen MR) is 148 cm³/mol. The molecule has 12 heteroatoms. The minimum absolute atomic E-state index is 0.210. The summed E-state index contributed by atoms with van der Waals surface area (Å²) in [5.74, 6) is 0.803. The first-order valence-electron chi connectivity index (χ1n) is 12.0. The van der Waals surface area contributed by atoms with Gasteiger partial charge in [0.1, 0.15) is 22.2 Å². The molecule has 0 saturated carbocycles. The van der Waals surface area contributed by atoms with Crippen LogP contribution in [0.15, 0.2) is 59.2 Å². The van der Waals surface area contributed by atoms with Crippen molar-refractivity contribution in [1.82, 2.24) is 30.2 Å². The Morgan fingerprint density at radius 1 is 0.974 bits per heavy atom. The van der Waals surface area contributed by atoms with Crippen LogP contribution in [0.1, 0.15) is 10.5 Å². The van der Waals surface area contributed by atoms with Crippen molar-refractivity contribution in [3.8, 4) is 22.6 Å². The number of fused-ring (bicyclic) bond motifs is 3. The topological polar surface area (TPSA) is 147 Å². The summed E-state index contributed by atoms with van der Waals surface area (Å²) in [4.78, 5) is 19.2. The Labute approximate surface area is 225 Å². The lowest BCUT2D eigenvalue weighted by molar-refractivity contribution is 0.0948. The number of aromatic amines is 2. The van der Waals surface area contributed by atoms with Crippen LogP contribution < -0.4 is 20.3 Å². The number of hydrogen-bond acceptors (Lipinski definition) is 8. The van der Waals surface area contributed by atoms with Gasteiger partial charge in [-0.15, -0.1) is 0 Å². The third kappa shape index (κ3) is 4.40. The van der Waals surface area contributed by atoms with Crippen molar-refractivity contribution in [2.75, 3.05) is 20.8 Å². The maximum absolute atomic E-state index is 12.9. The summed E-state index contributed by atoms with van der Waals surface area (Å²) in [6.45, 7) is 0.589. The highest BCUT2D eigenvalue weighted by molar-refractivity contribution is 7.71. The second kappa shape index (κ2) is 9.72. The maximum atomic E-state index is 12.9. The van der Waals surface area contributed by atoms with Gasteiger partial charge in [0.25, 0.3) is 5.91 Å². The quantitative estimate of drug-likeness (QED) is 0.220. The van der Waals surface area contributed by atoms with Crippen molar-refractivity contribution in [2.45, 2.75) is 6.54 Å². The van der Waals surface area contributed by atoms with Gasteiger partial charge in [-0.1, -0.05) is 12.1 Å². The zero-order valence-corrected chi connectivity index (χ0v) is 21.8. The van der Waals surface area contributed by atoms with Gasteiger partial charge in [0.2, 0.25) is 0 Å². The molecule has 6 aromatic rings. The number of rotatable bonds is 7. The first-order valence-corrected chi connectivity index (χ1v) is 12.4. The average molecular weight is 542 g/mol. The summed E-state index contributed by atoms with van der Waals surface area (Å²) < 4.78 is 17.5. The standard InChI is InChI=1S/C27H23N7O4S/c1-36-23-12-17-20(13-24(23)37-2)31-27(39)34(25(17)28)8-7-29-26(35)22-11-16-9-14(3-5-18(16)30-22)15-4-6-19-21(10-15)33-38-32-19/h3-6,9-13,28,30H,7-8H2,1-2H3,(H,29,35)(H,31,39). The summed E-state index contributed by atoms with van der Waals surface area (Å²) >= 11 is 5.48. The molecule has 3 aromatic carbocycles. The van der Waals surface area contributed by atoms with E-state index in [1.165, 1.54) is 0 Å². The molecular formula is C27H23N7O4S. The summed E-state index contributed by atoms with van der Waals surface area (Å²) in [6, 6.07) is 16.9. The second-order valence-electron chi connectivity index (χ2n) is 8.89. The molecule has 0 fully saturated rings. The van der Waals surface area contributed by atoms with Crippen LogP contribution in [0, 0.1) is 10.2 Å². The first-order chi connectivity index (χ1) is 18.9. The van der Waals surface area contributed by atoms with E-state index < -0.39 is 0 Å². The van der Waals surface area contributed by atoms with Crippen molar-refractivity contribution < 1.29 is 18.9 Å².